The van der Waals surface area contributed by atoms with Gasteiger partial charge in [0.1, 0.15) is 24.4 Å². The van der Waals surface area contributed by atoms with Crippen LogP contribution in [0.2, 0.25) is 0 Å². The minimum absolute atomic E-state index is 0.0417. The first-order chi connectivity index (χ1) is 10.2. The fourth-order valence-corrected chi connectivity index (χ4v) is 4.30. The molecule has 5 nitrogen and oxygen atoms in total. The maximum atomic E-state index is 11.4. The van der Waals surface area contributed by atoms with E-state index < -0.39 is 11.9 Å². The van der Waals surface area contributed by atoms with E-state index in [2.05, 4.69) is 6.92 Å². The molecule has 21 heavy (non-hydrogen) atoms. The molecule has 4 rings (SSSR count). The summed E-state index contributed by atoms with van der Waals surface area (Å²) < 4.78 is 24.6. The lowest BCUT2D eigenvalue weighted by molar-refractivity contribution is -0.231. The molecule has 0 aromatic carbocycles. The Morgan fingerprint density at radius 1 is 0.952 bits per heavy atom. The van der Waals surface area contributed by atoms with Gasteiger partial charge in [0, 0.05) is 12.8 Å². The van der Waals surface area contributed by atoms with Crippen molar-refractivity contribution in [3.8, 4) is 0 Å². The predicted octanol–water partition coefficient (Wildman–Crippen LogP) is 1.96. The molecule has 0 amide bonds. The smallest absolute Gasteiger partial charge is 0.169 e. The molecular formula is C16H24O5. The molecule has 1 spiro atoms. The van der Waals surface area contributed by atoms with E-state index in [1.165, 1.54) is 6.42 Å². The molecule has 0 aromatic heterocycles. The van der Waals surface area contributed by atoms with Crippen LogP contribution in [-0.4, -0.2) is 48.7 Å². The van der Waals surface area contributed by atoms with Gasteiger partial charge in [0.25, 0.3) is 0 Å². The number of rotatable bonds is 1. The van der Waals surface area contributed by atoms with Gasteiger partial charge in [0.05, 0.1) is 12.2 Å². The van der Waals surface area contributed by atoms with Gasteiger partial charge in [0.2, 0.25) is 0 Å². The lowest BCUT2D eigenvalue weighted by Gasteiger charge is -2.44. The summed E-state index contributed by atoms with van der Waals surface area (Å²) in [7, 11) is 0. The second kappa shape index (κ2) is 5.30. The van der Waals surface area contributed by atoms with E-state index in [9.17, 15) is 4.79 Å². The van der Waals surface area contributed by atoms with E-state index in [1.807, 2.05) is 0 Å². The molecule has 1 saturated carbocycles. The van der Waals surface area contributed by atoms with Crippen LogP contribution in [0.4, 0.5) is 0 Å². The summed E-state index contributed by atoms with van der Waals surface area (Å²) in [5, 5.41) is 0. The number of ether oxygens (including phenoxy) is 4. The average molecular weight is 296 g/mol. The largest absolute Gasteiger partial charge is 0.370 e. The molecule has 4 fully saturated rings. The minimum atomic E-state index is -0.519. The SMILES string of the molecule is CC1CCC2OC(C=O)C3OC4(CCCCC4)OC3C2O1. The van der Waals surface area contributed by atoms with E-state index >= 15 is 0 Å². The monoisotopic (exact) mass is 296 g/mol. The molecule has 4 aliphatic rings. The quantitative estimate of drug-likeness (QED) is 0.692. The highest BCUT2D eigenvalue weighted by Crippen LogP contribution is 2.46. The van der Waals surface area contributed by atoms with Gasteiger partial charge in [0.15, 0.2) is 12.1 Å². The Hall–Kier alpha value is -0.490. The highest BCUT2D eigenvalue weighted by Gasteiger charge is 2.59. The lowest BCUT2D eigenvalue weighted by atomic mass is 9.90. The Bertz CT molecular complexity index is 405. The van der Waals surface area contributed by atoms with Crippen LogP contribution in [0.15, 0.2) is 0 Å². The van der Waals surface area contributed by atoms with Crippen molar-refractivity contribution in [2.24, 2.45) is 0 Å². The summed E-state index contributed by atoms with van der Waals surface area (Å²) in [6, 6.07) is 0. The normalized spacial score (nSPS) is 48.6. The number of carbonyl (C=O) groups is 1. The molecule has 3 saturated heterocycles. The van der Waals surface area contributed by atoms with Crippen LogP contribution in [0.5, 0.6) is 0 Å². The fraction of sp³-hybridized carbons (Fsp3) is 0.938. The van der Waals surface area contributed by atoms with Crippen molar-refractivity contribution >= 4 is 6.29 Å². The molecule has 6 unspecified atom stereocenters. The van der Waals surface area contributed by atoms with Gasteiger partial charge in [-0.3, -0.25) is 0 Å². The molecule has 3 heterocycles. The zero-order chi connectivity index (χ0) is 14.4. The molecular weight excluding hydrogens is 272 g/mol. The molecule has 5 heteroatoms. The number of hydrogen-bond acceptors (Lipinski definition) is 5. The summed E-state index contributed by atoms with van der Waals surface area (Å²) in [6.45, 7) is 2.09. The van der Waals surface area contributed by atoms with E-state index in [-0.39, 0.29) is 30.5 Å². The van der Waals surface area contributed by atoms with Gasteiger partial charge in [-0.2, -0.15) is 0 Å². The fourth-order valence-electron chi connectivity index (χ4n) is 4.30. The topological polar surface area (TPSA) is 54.0 Å². The van der Waals surface area contributed by atoms with Gasteiger partial charge in [-0.1, -0.05) is 6.42 Å². The maximum absolute atomic E-state index is 11.4. The van der Waals surface area contributed by atoms with Gasteiger partial charge in [-0.05, 0) is 32.6 Å². The van der Waals surface area contributed by atoms with E-state index in [0.29, 0.717) is 0 Å². The molecule has 118 valence electrons. The van der Waals surface area contributed by atoms with Crippen LogP contribution in [0, 0.1) is 0 Å². The highest BCUT2D eigenvalue weighted by molar-refractivity contribution is 5.58. The van der Waals surface area contributed by atoms with E-state index in [4.69, 9.17) is 18.9 Å². The number of carbonyl (C=O) groups excluding carboxylic acids is 1. The zero-order valence-electron chi connectivity index (χ0n) is 12.5. The molecule has 6 atom stereocenters. The van der Waals surface area contributed by atoms with Crippen molar-refractivity contribution in [1.29, 1.82) is 0 Å². The molecule has 3 aliphatic heterocycles. The maximum Gasteiger partial charge on any atom is 0.169 e. The first kappa shape index (κ1) is 14.1. The van der Waals surface area contributed by atoms with Crippen LogP contribution in [0.3, 0.4) is 0 Å². The van der Waals surface area contributed by atoms with Gasteiger partial charge < -0.3 is 23.7 Å². The van der Waals surface area contributed by atoms with Crippen molar-refractivity contribution in [1.82, 2.24) is 0 Å². The molecule has 0 bridgehead atoms. The summed E-state index contributed by atoms with van der Waals surface area (Å²) in [6.07, 6.45) is 7.15. The predicted molar refractivity (Wildman–Crippen MR) is 73.9 cm³/mol. The second-order valence-electron chi connectivity index (χ2n) is 6.90. The van der Waals surface area contributed by atoms with E-state index in [0.717, 1.165) is 44.8 Å². The van der Waals surface area contributed by atoms with Crippen LogP contribution in [-0.2, 0) is 23.7 Å². The number of hydrogen-bond donors (Lipinski definition) is 0. The molecule has 0 radical (unpaired) electrons. The van der Waals surface area contributed by atoms with Crippen molar-refractivity contribution < 1.29 is 23.7 Å². The van der Waals surface area contributed by atoms with Crippen molar-refractivity contribution in [3.63, 3.8) is 0 Å². The number of fused-ring (bicyclic) bond motifs is 3. The third kappa shape index (κ3) is 2.34. The van der Waals surface area contributed by atoms with E-state index in [1.54, 1.807) is 0 Å². The van der Waals surface area contributed by atoms with Gasteiger partial charge in [-0.15, -0.1) is 0 Å². The second-order valence-corrected chi connectivity index (χ2v) is 6.90. The van der Waals surface area contributed by atoms with Crippen molar-refractivity contribution in [3.05, 3.63) is 0 Å². The van der Waals surface area contributed by atoms with Crippen LogP contribution in [0.1, 0.15) is 51.9 Å². The molecule has 0 aromatic rings. The van der Waals surface area contributed by atoms with Crippen molar-refractivity contribution in [2.75, 3.05) is 0 Å². The first-order valence-corrected chi connectivity index (χ1v) is 8.33. The Balaban J connectivity index is 1.59. The number of aldehydes is 1. The summed E-state index contributed by atoms with van der Waals surface area (Å²) in [4.78, 5) is 11.4. The third-order valence-corrected chi connectivity index (χ3v) is 5.37. The molecule has 0 N–H and O–H groups in total. The third-order valence-electron chi connectivity index (χ3n) is 5.37. The van der Waals surface area contributed by atoms with Gasteiger partial charge >= 0.3 is 0 Å². The average Bonchev–Trinajstić information content (AvgIpc) is 2.86. The minimum Gasteiger partial charge on any atom is -0.370 e. The van der Waals surface area contributed by atoms with Crippen LogP contribution < -0.4 is 0 Å². The van der Waals surface area contributed by atoms with Gasteiger partial charge in [-0.25, -0.2) is 0 Å². The first-order valence-electron chi connectivity index (χ1n) is 8.33. The highest BCUT2D eigenvalue weighted by atomic mass is 16.8. The Kier molecular flexibility index (Phi) is 3.57. The summed E-state index contributed by atoms with van der Waals surface area (Å²) in [5.41, 5.74) is 0. The standard InChI is InChI=1S/C16H24O5/c1-10-5-6-11-13(18-10)15-14(12(9-17)19-11)20-16(21-15)7-3-2-4-8-16/h9-15H,2-8H2,1H3. The summed E-state index contributed by atoms with van der Waals surface area (Å²) >= 11 is 0. The van der Waals surface area contributed by atoms with Crippen LogP contribution >= 0.6 is 0 Å². The van der Waals surface area contributed by atoms with Crippen LogP contribution in [0.25, 0.3) is 0 Å². The lowest BCUT2D eigenvalue weighted by Crippen LogP contribution is -2.59. The summed E-state index contributed by atoms with van der Waals surface area (Å²) in [5.74, 6) is -0.503. The Morgan fingerprint density at radius 3 is 2.48 bits per heavy atom. The zero-order valence-corrected chi connectivity index (χ0v) is 12.5. The molecule has 1 aliphatic carbocycles. The van der Waals surface area contributed by atoms with Crippen molar-refractivity contribution in [2.45, 2.75) is 94.3 Å². The Morgan fingerprint density at radius 2 is 1.71 bits per heavy atom. The Labute approximate surface area is 125 Å².